The molecule has 23 nitrogen and oxygen atoms in total. The first-order valence-electron chi connectivity index (χ1n) is 18.0. The maximum absolute atomic E-state index is 8.64. The summed E-state index contributed by atoms with van der Waals surface area (Å²) >= 11 is 20.5. The van der Waals surface area contributed by atoms with Crippen LogP contribution in [-0.2, 0) is 0 Å². The van der Waals surface area contributed by atoms with Crippen LogP contribution in [-0.4, -0.2) is 71.4 Å². The minimum absolute atomic E-state index is 0. The monoisotopic (exact) mass is 1020 g/mol. The summed E-state index contributed by atoms with van der Waals surface area (Å²) in [6.07, 6.45) is 8.37. The number of nitrogens with two attached hydrogens (primary N) is 2. The lowest BCUT2D eigenvalue weighted by Gasteiger charge is -2.00. The van der Waals surface area contributed by atoms with Gasteiger partial charge in [0.05, 0.1) is 37.2 Å². The van der Waals surface area contributed by atoms with Crippen molar-refractivity contribution in [3.63, 3.8) is 0 Å². The number of amidine groups is 1. The molecule has 0 aliphatic carbocycles. The third kappa shape index (κ3) is 15.0. The van der Waals surface area contributed by atoms with E-state index in [0.717, 1.165) is 16.7 Å². The molecule has 0 atom stereocenters. The van der Waals surface area contributed by atoms with E-state index >= 15 is 0 Å². The molecule has 9 rings (SSSR count). The number of hydrogen-bond donors (Lipinski definition) is 5. The number of halogens is 4. The Balaban J connectivity index is 0.000000175. The molecule has 9 aromatic rings. The predicted octanol–water partition coefficient (Wildman–Crippen LogP) is 8.53. The summed E-state index contributed by atoms with van der Waals surface area (Å²) in [6.45, 7) is 0. The van der Waals surface area contributed by atoms with E-state index in [0.29, 0.717) is 54.5 Å². The van der Waals surface area contributed by atoms with Crippen molar-refractivity contribution in [1.82, 2.24) is 60.3 Å². The van der Waals surface area contributed by atoms with Crippen LogP contribution >= 0.6 is 50.7 Å². The Morgan fingerprint density at radius 3 is 1.36 bits per heavy atom. The molecular formula is C40H29BrCl3N19O4. The van der Waals surface area contributed by atoms with Crippen molar-refractivity contribution in [2.75, 3.05) is 16.4 Å². The minimum Gasteiger partial charge on any atom is -0.409 e. The molecule has 27 heteroatoms. The molecule has 0 aliphatic rings. The second-order valence-corrected chi connectivity index (χ2v) is 14.2. The van der Waals surface area contributed by atoms with Gasteiger partial charge in [-0.1, -0.05) is 62.9 Å². The van der Waals surface area contributed by atoms with Crippen LogP contribution in [0.3, 0.4) is 0 Å². The summed E-state index contributed by atoms with van der Waals surface area (Å²) < 4.78 is 15.4. The van der Waals surface area contributed by atoms with Gasteiger partial charge >= 0.3 is 18.0 Å². The Morgan fingerprint density at radius 2 is 1.00 bits per heavy atom. The fraction of sp³-hybridized carbons (Fsp3) is 0.0250. The predicted molar refractivity (Wildman–Crippen MR) is 248 cm³/mol. The number of rotatable bonds is 8. The zero-order valence-electron chi connectivity index (χ0n) is 32.9. The Kier molecular flexibility index (Phi) is 18.0. The van der Waals surface area contributed by atoms with Crippen LogP contribution in [0.1, 0.15) is 24.5 Å². The number of benzene rings is 3. The molecule has 0 aliphatic heterocycles. The molecule has 3 aromatic carbocycles. The summed E-state index contributed by atoms with van der Waals surface area (Å²) in [6, 6.07) is 25.3. The minimum atomic E-state index is -0.133. The number of aromatic nitrogens is 12. The first kappa shape index (κ1) is 49.3. The molecule has 0 bridgehead atoms. The molecule has 7 N–H and O–H groups in total. The Labute approximate surface area is 401 Å². The average molecular weight is 1030 g/mol. The molecule has 0 radical (unpaired) electrons. The molecular weight excluding hydrogens is 997 g/mol. The van der Waals surface area contributed by atoms with Gasteiger partial charge in [-0.3, -0.25) is 10.6 Å². The van der Waals surface area contributed by atoms with E-state index in [-0.39, 0.29) is 42.7 Å². The maximum Gasteiger partial charge on any atom is 0.327 e. The third-order valence-electron chi connectivity index (χ3n) is 7.59. The quantitative estimate of drug-likeness (QED) is 0.0412. The lowest BCUT2D eigenvalue weighted by molar-refractivity contribution is 0.318. The van der Waals surface area contributed by atoms with E-state index in [1.807, 2.05) is 12.1 Å². The zero-order valence-corrected chi connectivity index (χ0v) is 36.8. The van der Waals surface area contributed by atoms with E-state index in [4.69, 9.17) is 71.0 Å². The van der Waals surface area contributed by atoms with Crippen molar-refractivity contribution in [2.24, 2.45) is 10.9 Å². The number of anilines is 5. The summed E-state index contributed by atoms with van der Waals surface area (Å²) in [5.74, 6) is 1.94. The van der Waals surface area contributed by atoms with Crippen LogP contribution in [0.15, 0.2) is 133 Å². The highest BCUT2D eigenvalue weighted by molar-refractivity contribution is 9.10. The largest absolute Gasteiger partial charge is 0.409 e. The van der Waals surface area contributed by atoms with Crippen LogP contribution in [0.4, 0.5) is 29.7 Å². The van der Waals surface area contributed by atoms with Crippen LogP contribution in [0.2, 0.25) is 15.1 Å². The van der Waals surface area contributed by atoms with E-state index in [1.54, 1.807) is 72.8 Å². The van der Waals surface area contributed by atoms with Gasteiger partial charge in [-0.25, -0.2) is 29.9 Å². The standard InChI is InChI=1S/C13H10ClN7O2.C13H7ClN6O.C8H6ClN3O.C5H2BrN3.CH4/c14-8-3-1-7(2-4-8)12-19-13(23-21-12)18-10-6-16-9(5-17-10)11(15)20-22;14-9-3-1-8(2-4-9)12-19-13(21-20-12)18-11-7-16-10(5-15)6-17-11;9-6-3-1-5(2-4-6)7-11-8(10)13-12-7;6-5-3-8-4(1-7)2-9-5;/h1-6,22H,(H2,15,20)(H,17,18,19,21);1-4,6-7H,(H,17,18,19,20);1-4H,(H2,10,11,12);2-3H;1H4. The molecule has 0 spiro atoms. The first-order valence-corrected chi connectivity index (χ1v) is 19.9. The highest BCUT2D eigenvalue weighted by atomic mass is 79.9. The first-order chi connectivity index (χ1) is 32.0. The Bertz CT molecular complexity index is 3070. The number of nitrogens with one attached hydrogen (secondary N) is 2. The van der Waals surface area contributed by atoms with Gasteiger partial charge in [0.1, 0.15) is 22.4 Å². The second kappa shape index (κ2) is 24.4. The molecule has 336 valence electrons. The van der Waals surface area contributed by atoms with Crippen LogP contribution in [0.5, 0.6) is 0 Å². The summed E-state index contributed by atoms with van der Waals surface area (Å²) in [7, 11) is 0. The lowest BCUT2D eigenvalue weighted by Crippen LogP contribution is -2.15. The summed E-state index contributed by atoms with van der Waals surface area (Å²) in [5.41, 5.74) is 13.9. The fourth-order valence-corrected chi connectivity index (χ4v) is 5.13. The van der Waals surface area contributed by atoms with Crippen molar-refractivity contribution >= 4 is 86.2 Å². The zero-order chi connectivity index (χ0) is 46.8. The van der Waals surface area contributed by atoms with Gasteiger partial charge in [0.2, 0.25) is 17.5 Å². The van der Waals surface area contributed by atoms with Gasteiger partial charge in [-0.15, -0.1) is 0 Å². The number of oxime groups is 1. The van der Waals surface area contributed by atoms with Gasteiger partial charge in [0, 0.05) is 31.8 Å². The molecule has 0 saturated heterocycles. The smallest absolute Gasteiger partial charge is 0.327 e. The molecule has 67 heavy (non-hydrogen) atoms. The van der Waals surface area contributed by atoms with Gasteiger partial charge in [0.15, 0.2) is 28.9 Å². The molecule has 6 aromatic heterocycles. The number of nitrogen functional groups attached to an aromatic ring is 1. The van der Waals surface area contributed by atoms with Gasteiger partial charge in [0.25, 0.3) is 0 Å². The van der Waals surface area contributed by atoms with Crippen molar-refractivity contribution in [3.05, 3.63) is 147 Å². The topological polar surface area (TPSA) is 350 Å². The number of nitrogens with zero attached hydrogens (tertiary/aromatic N) is 15. The number of hydrogen-bond acceptors (Lipinski definition) is 22. The van der Waals surface area contributed by atoms with Crippen molar-refractivity contribution in [1.29, 1.82) is 10.5 Å². The van der Waals surface area contributed by atoms with E-state index < -0.39 is 0 Å². The molecule has 6 heterocycles. The molecule has 0 amide bonds. The molecule has 0 saturated carbocycles. The lowest BCUT2D eigenvalue weighted by atomic mass is 10.2. The molecule has 0 unspecified atom stereocenters. The molecule has 0 fully saturated rings. The highest BCUT2D eigenvalue weighted by Crippen LogP contribution is 2.23. The average Bonchev–Trinajstić information content (AvgIpc) is 4.13. The maximum atomic E-state index is 8.64. The van der Waals surface area contributed by atoms with Crippen molar-refractivity contribution < 1.29 is 18.8 Å². The van der Waals surface area contributed by atoms with E-state index in [2.05, 4.69) is 96.6 Å². The van der Waals surface area contributed by atoms with Crippen LogP contribution in [0, 0.1) is 22.7 Å². The Hall–Kier alpha value is -8.68. The normalized spacial score (nSPS) is 10.2. The van der Waals surface area contributed by atoms with Crippen LogP contribution in [0.25, 0.3) is 34.2 Å². The SMILES string of the molecule is C.N#Cc1cnc(Br)cn1.N#Cc1cnc(Nc2nc(-c3ccc(Cl)cc3)no2)cn1.N/C(=N\O)c1cnc(Nc2nc(-c3ccc(Cl)cc3)no2)cn1.Nc1nc(-c2ccc(Cl)cc2)no1. The summed E-state index contributed by atoms with van der Waals surface area (Å²) in [5, 5.41) is 47.2. The fourth-order valence-electron chi connectivity index (χ4n) is 4.55. The van der Waals surface area contributed by atoms with Gasteiger partial charge < -0.3 is 30.2 Å². The van der Waals surface area contributed by atoms with E-state index in [1.165, 1.54) is 37.2 Å². The van der Waals surface area contributed by atoms with Crippen LogP contribution < -0.4 is 22.1 Å². The van der Waals surface area contributed by atoms with Gasteiger partial charge in [-0.2, -0.15) is 25.5 Å². The third-order valence-corrected chi connectivity index (χ3v) is 8.76. The van der Waals surface area contributed by atoms with E-state index in [9.17, 15) is 0 Å². The second-order valence-electron chi connectivity index (χ2n) is 12.1. The van der Waals surface area contributed by atoms with Gasteiger partial charge in [-0.05, 0) is 88.7 Å². The number of nitriles is 2. The highest BCUT2D eigenvalue weighted by Gasteiger charge is 2.12. The Morgan fingerprint density at radius 1 is 0.582 bits per heavy atom. The van der Waals surface area contributed by atoms with Crippen molar-refractivity contribution in [2.45, 2.75) is 7.43 Å². The van der Waals surface area contributed by atoms with Crippen molar-refractivity contribution in [3.8, 4) is 46.3 Å². The summed E-state index contributed by atoms with van der Waals surface area (Å²) in [4.78, 5) is 35.6.